The highest BCUT2D eigenvalue weighted by atomic mass is 79.9. The fraction of sp³-hybridized carbons (Fsp3) is 0.432. The van der Waals surface area contributed by atoms with Crippen LogP contribution >= 0.6 is 31.9 Å². The van der Waals surface area contributed by atoms with Gasteiger partial charge in [0.05, 0.1) is 44.5 Å². The average Bonchev–Trinajstić information content (AvgIpc) is 0.786. The number of rotatable bonds is 12. The number of benzene rings is 6. The van der Waals surface area contributed by atoms with Crippen molar-refractivity contribution in [3.8, 4) is 34.5 Å². The van der Waals surface area contributed by atoms with Crippen LogP contribution in [-0.2, 0) is 12.4 Å². The molecule has 0 saturated heterocycles. The molecular weight excluding hydrogens is 1440 g/mol. The molecule has 0 aromatic heterocycles. The molecule has 18 nitrogen and oxygen atoms in total. The second-order valence-corrected chi connectivity index (χ2v) is 27.9. The van der Waals surface area contributed by atoms with Gasteiger partial charge in [-0.3, -0.25) is 28.8 Å². The summed E-state index contributed by atoms with van der Waals surface area (Å²) in [4.78, 5) is 78.8. The molecule has 0 radical (unpaired) electrons. The number of carbonyl (C=O) groups is 6. The number of hydrogen-bond donors (Lipinski definition) is 6. The van der Waals surface area contributed by atoms with Crippen molar-refractivity contribution in [3.63, 3.8) is 0 Å². The number of aromatic hydroxyl groups is 6. The van der Waals surface area contributed by atoms with Gasteiger partial charge in [-0.1, -0.05) is 132 Å². The molecule has 6 aromatic rings. The van der Waals surface area contributed by atoms with E-state index in [2.05, 4.69) is 31.9 Å². The fourth-order valence-electron chi connectivity index (χ4n) is 9.33. The van der Waals surface area contributed by atoms with Gasteiger partial charge in [-0.05, 0) is 137 Å². The van der Waals surface area contributed by atoms with Crippen LogP contribution in [0.4, 0.5) is 26.3 Å². The van der Waals surface area contributed by atoms with Gasteiger partial charge in [0.2, 0.25) is 0 Å². The first kappa shape index (κ1) is 89.5. The highest BCUT2D eigenvalue weighted by molar-refractivity contribution is 9.10. The van der Waals surface area contributed by atoms with Crippen molar-refractivity contribution in [2.75, 3.05) is 84.6 Å². The van der Waals surface area contributed by atoms with E-state index in [9.17, 15) is 85.7 Å². The molecule has 6 amide bonds. The molecule has 6 N–H and O–H groups in total. The summed E-state index contributed by atoms with van der Waals surface area (Å²) >= 11 is 6.58. The van der Waals surface area contributed by atoms with E-state index < -0.39 is 57.9 Å². The van der Waals surface area contributed by atoms with Crippen molar-refractivity contribution in [2.45, 2.75) is 131 Å². The van der Waals surface area contributed by atoms with Crippen LogP contribution in [0.5, 0.6) is 34.5 Å². The Labute approximate surface area is 601 Å². The molecule has 0 aliphatic heterocycles. The molecule has 0 fully saturated rings. The standard InChI is InChI=1S/2C13H16F3NO2.2C12H16BrNO2.2C12H17NO2/c2*1-7(2)8-5-6-9(13(14,15)16)10(11(8)18)12(19)17(3)4;2*1-7(2)8-5-6-9(13)10(11(8)15)12(16)14(3)4;2*1-8(2)9-6-5-7-10(11(9)14)12(15)13(3)4/h2*5-7,18H,1-4H3;2*5-7,15H,1-4H3;2*5-8,14H,1-4H3. The summed E-state index contributed by atoms with van der Waals surface area (Å²) in [5.74, 6) is -2.91. The van der Waals surface area contributed by atoms with Gasteiger partial charge in [-0.2, -0.15) is 26.3 Å². The maximum absolute atomic E-state index is 12.9. The highest BCUT2D eigenvalue weighted by Crippen LogP contribution is 2.43. The van der Waals surface area contributed by atoms with Crippen molar-refractivity contribution in [1.82, 2.24) is 29.4 Å². The van der Waals surface area contributed by atoms with Gasteiger partial charge in [-0.25, -0.2) is 0 Å². The number of para-hydroxylation sites is 2. The fourth-order valence-corrected chi connectivity index (χ4v) is 10.3. The largest absolute Gasteiger partial charge is 0.507 e. The average molecular weight is 1540 g/mol. The predicted octanol–water partition coefficient (Wildman–Crippen LogP) is 16.9. The van der Waals surface area contributed by atoms with E-state index in [1.165, 1.54) is 59.9 Å². The Balaban J connectivity index is 0.000000602. The van der Waals surface area contributed by atoms with E-state index in [1.807, 2.05) is 79.7 Å². The van der Waals surface area contributed by atoms with Crippen LogP contribution in [-0.4, -0.2) is 180 Å². The van der Waals surface area contributed by atoms with Gasteiger partial charge in [-0.15, -0.1) is 0 Å². The van der Waals surface area contributed by atoms with Gasteiger partial charge in [0, 0.05) is 93.5 Å². The summed E-state index contributed by atoms with van der Waals surface area (Å²) in [5.41, 5.74) is 1.60. The van der Waals surface area contributed by atoms with E-state index in [0.29, 0.717) is 42.3 Å². The smallest absolute Gasteiger partial charge is 0.417 e. The van der Waals surface area contributed by atoms with E-state index in [-0.39, 0.29) is 82.1 Å². The van der Waals surface area contributed by atoms with Crippen molar-refractivity contribution in [2.24, 2.45) is 0 Å². The number of phenolic OH excluding ortho intramolecular Hbond substituents is 6. The van der Waals surface area contributed by atoms with Crippen molar-refractivity contribution in [3.05, 3.63) is 172 Å². The second kappa shape index (κ2) is 38.3. The summed E-state index contributed by atoms with van der Waals surface area (Å²) in [6.45, 7) is 22.8. The molecule has 0 atom stereocenters. The van der Waals surface area contributed by atoms with Crippen molar-refractivity contribution >= 4 is 67.3 Å². The van der Waals surface area contributed by atoms with Crippen LogP contribution in [0.15, 0.2) is 93.9 Å². The minimum absolute atomic E-state index is 0.0723. The van der Waals surface area contributed by atoms with Gasteiger partial charge < -0.3 is 60.0 Å². The Morgan fingerprint density at radius 1 is 0.290 bits per heavy atom. The number of nitrogens with zero attached hydrogens (tertiary/aromatic N) is 6. The number of alkyl halides is 6. The third-order valence-electron chi connectivity index (χ3n) is 15.0. The molecule has 552 valence electrons. The first-order valence-corrected chi connectivity index (χ1v) is 33.2. The minimum atomic E-state index is -4.69. The summed E-state index contributed by atoms with van der Waals surface area (Å²) in [7, 11) is 18.7. The lowest BCUT2D eigenvalue weighted by molar-refractivity contribution is -0.138. The van der Waals surface area contributed by atoms with Gasteiger partial charge in [0.1, 0.15) is 34.5 Å². The molecule has 0 spiro atoms. The molecule has 0 heterocycles. The summed E-state index contributed by atoms with van der Waals surface area (Å²) in [6, 6.07) is 21.9. The Morgan fingerprint density at radius 2 is 0.480 bits per heavy atom. The lowest BCUT2D eigenvalue weighted by Gasteiger charge is -2.20. The maximum Gasteiger partial charge on any atom is 0.417 e. The van der Waals surface area contributed by atoms with Crippen LogP contribution in [0.3, 0.4) is 0 Å². The molecule has 26 heteroatoms. The Bertz CT molecular complexity index is 3580. The van der Waals surface area contributed by atoms with Crippen molar-refractivity contribution < 1.29 is 85.7 Å². The summed E-state index contributed by atoms with van der Waals surface area (Å²) in [5, 5.41) is 60.0. The molecule has 0 aliphatic carbocycles. The van der Waals surface area contributed by atoms with E-state index >= 15 is 0 Å². The Kier molecular flexibility index (Phi) is 34.3. The normalized spacial score (nSPS) is 11.0. The number of halogens is 8. The minimum Gasteiger partial charge on any atom is -0.507 e. The highest BCUT2D eigenvalue weighted by Gasteiger charge is 2.40. The molecule has 0 aliphatic rings. The Morgan fingerprint density at radius 3 is 0.680 bits per heavy atom. The molecule has 0 bridgehead atoms. The van der Waals surface area contributed by atoms with Crippen molar-refractivity contribution in [1.29, 1.82) is 0 Å². The first-order valence-electron chi connectivity index (χ1n) is 31.6. The molecule has 6 rings (SSSR count). The topological polar surface area (TPSA) is 243 Å². The monoisotopic (exact) mass is 1530 g/mol. The summed E-state index contributed by atoms with van der Waals surface area (Å²) < 4.78 is 78.7. The molecular formula is C74H98Br2F6N6O12. The van der Waals surface area contributed by atoms with Crippen LogP contribution in [0.1, 0.15) is 225 Å². The van der Waals surface area contributed by atoms with E-state index in [1.54, 1.807) is 120 Å². The molecule has 0 unspecified atom stereocenters. The van der Waals surface area contributed by atoms with Crippen LogP contribution in [0.2, 0.25) is 0 Å². The maximum atomic E-state index is 12.9. The zero-order valence-corrected chi connectivity index (χ0v) is 64.6. The number of carbonyl (C=O) groups excluding carboxylic acids is 6. The van der Waals surface area contributed by atoms with E-state index in [4.69, 9.17) is 0 Å². The zero-order valence-electron chi connectivity index (χ0n) is 61.4. The predicted molar refractivity (Wildman–Crippen MR) is 387 cm³/mol. The zero-order chi connectivity index (χ0) is 78.0. The third-order valence-corrected chi connectivity index (χ3v) is 16.3. The molecule has 100 heavy (non-hydrogen) atoms. The number of amides is 6. The third kappa shape index (κ3) is 23.8. The van der Waals surface area contributed by atoms with E-state index in [0.717, 1.165) is 44.2 Å². The van der Waals surface area contributed by atoms with Gasteiger partial charge in [0.25, 0.3) is 35.4 Å². The number of hydrogen-bond acceptors (Lipinski definition) is 12. The van der Waals surface area contributed by atoms with Crippen LogP contribution in [0, 0.1) is 0 Å². The van der Waals surface area contributed by atoms with Crippen LogP contribution in [0.25, 0.3) is 0 Å². The lowest BCUT2D eigenvalue weighted by Crippen LogP contribution is -2.25. The summed E-state index contributed by atoms with van der Waals surface area (Å²) in [6.07, 6.45) is -9.37. The quantitative estimate of drug-likeness (QED) is 0.0627. The lowest BCUT2D eigenvalue weighted by atomic mass is 9.94. The second-order valence-electron chi connectivity index (χ2n) is 26.2. The van der Waals surface area contributed by atoms with Crippen LogP contribution < -0.4 is 0 Å². The Hall–Kier alpha value is -8.52. The SMILES string of the molecule is CC(C)c1ccc(Br)c(C(=O)N(C)C)c1O.CC(C)c1ccc(Br)c(C(=O)N(C)C)c1O.CC(C)c1ccc(C(F)(F)F)c(C(=O)N(C)C)c1O.CC(C)c1ccc(C(F)(F)F)c(C(=O)N(C)C)c1O.CC(C)c1cccc(C(=O)N(C)C)c1O.CC(C)c1cccc(C(=O)N(C)C)c1O. The first-order chi connectivity index (χ1) is 45.7. The molecule has 0 saturated carbocycles. The number of phenols is 6. The van der Waals surface area contributed by atoms with Gasteiger partial charge in [0.15, 0.2) is 0 Å². The molecule has 6 aromatic carbocycles. The van der Waals surface area contributed by atoms with Gasteiger partial charge >= 0.3 is 12.4 Å².